The van der Waals surface area contributed by atoms with Crippen molar-refractivity contribution in [3.05, 3.63) is 5.28 Å². The summed E-state index contributed by atoms with van der Waals surface area (Å²) >= 11 is 10.1. The number of nitrogens with zero attached hydrogens (tertiary/aromatic N) is 3. The zero-order valence-corrected chi connectivity index (χ0v) is 14.8. The van der Waals surface area contributed by atoms with Gasteiger partial charge in [-0.3, -0.25) is 0 Å². The molecule has 5 nitrogen and oxygen atoms in total. The second-order valence-electron chi connectivity index (χ2n) is 5.15. The number of unbranched alkanes of at least 4 members (excludes halogenated alkanes) is 3. The molecule has 0 spiro atoms. The Kier molecular flexibility index (Phi) is 10.6. The van der Waals surface area contributed by atoms with Gasteiger partial charge in [0.15, 0.2) is 0 Å². The van der Waals surface area contributed by atoms with E-state index < -0.39 is 0 Å². The average molecular weight is 344 g/mol. The second-order valence-corrected chi connectivity index (χ2v) is 5.86. The highest BCUT2D eigenvalue weighted by molar-refractivity contribution is 7.81. The lowest BCUT2D eigenvalue weighted by Crippen LogP contribution is -2.27. The molecule has 0 aliphatic rings. The third-order valence-electron chi connectivity index (χ3n) is 3.26. The third kappa shape index (κ3) is 8.20. The zero-order valence-electron chi connectivity index (χ0n) is 13.2. The van der Waals surface area contributed by atoms with Gasteiger partial charge in [-0.2, -0.15) is 22.6 Å². The molecule has 0 saturated heterocycles. The zero-order chi connectivity index (χ0) is 16.2. The van der Waals surface area contributed by atoms with E-state index in [0.29, 0.717) is 17.4 Å². The van der Waals surface area contributed by atoms with E-state index in [2.05, 4.69) is 34.5 Å². The minimum absolute atomic E-state index is 0.111. The fraction of sp³-hybridized carbons (Fsp3) is 0.786. The summed E-state index contributed by atoms with van der Waals surface area (Å²) in [6, 6.07) is 0.299. The average Bonchev–Trinajstić information content (AvgIpc) is 2.48. The van der Waals surface area contributed by atoms with Crippen molar-refractivity contribution < 1.29 is 4.74 Å². The molecule has 1 rings (SSSR count). The Morgan fingerprint density at radius 1 is 1.18 bits per heavy atom. The minimum atomic E-state index is 0.111. The van der Waals surface area contributed by atoms with Crippen LogP contribution >= 0.6 is 24.2 Å². The lowest BCUT2D eigenvalue weighted by atomic mass is 9.81. The number of halogens is 1. The van der Waals surface area contributed by atoms with Crippen LogP contribution in [0.25, 0.3) is 0 Å². The Hall–Kier alpha value is -0.525. The van der Waals surface area contributed by atoms with Crippen molar-refractivity contribution >= 4 is 37.2 Å². The van der Waals surface area contributed by atoms with Gasteiger partial charge in [-0.25, -0.2) is 4.98 Å². The van der Waals surface area contributed by atoms with Crippen LogP contribution in [-0.4, -0.2) is 40.5 Å². The molecular formula is C14H25BClN4OS. The molecule has 0 aliphatic carbocycles. The van der Waals surface area contributed by atoms with Crippen molar-refractivity contribution in [1.29, 1.82) is 0 Å². The summed E-state index contributed by atoms with van der Waals surface area (Å²) in [5.41, 5.74) is 6.57. The first-order valence-electron chi connectivity index (χ1n) is 7.92. The smallest absolute Gasteiger partial charge is 0.320 e. The summed E-state index contributed by atoms with van der Waals surface area (Å²) < 4.78 is 5.94. The van der Waals surface area contributed by atoms with Crippen LogP contribution in [0.5, 0.6) is 6.01 Å². The van der Waals surface area contributed by atoms with Gasteiger partial charge >= 0.3 is 6.01 Å². The van der Waals surface area contributed by atoms with Gasteiger partial charge in [0.25, 0.3) is 0 Å². The molecule has 0 fully saturated rings. The van der Waals surface area contributed by atoms with Crippen LogP contribution in [0.1, 0.15) is 51.9 Å². The van der Waals surface area contributed by atoms with Gasteiger partial charge < -0.3 is 10.5 Å². The molecule has 1 heterocycles. The van der Waals surface area contributed by atoms with Crippen molar-refractivity contribution in [3.63, 3.8) is 0 Å². The summed E-state index contributed by atoms with van der Waals surface area (Å²) in [6.45, 7) is 2.91. The molecule has 1 radical (unpaired) electrons. The van der Waals surface area contributed by atoms with Crippen LogP contribution < -0.4 is 16.2 Å². The Balaban J connectivity index is 2.62. The summed E-state index contributed by atoms with van der Waals surface area (Å²) in [5, 5.41) is 0.149. The molecule has 2 N–H and O–H groups in total. The predicted molar refractivity (Wildman–Crippen MR) is 95.5 cm³/mol. The summed E-state index contributed by atoms with van der Waals surface area (Å²) in [7, 11) is 1.77. The Labute approximate surface area is 144 Å². The molecule has 0 amide bonds. The van der Waals surface area contributed by atoms with E-state index >= 15 is 0 Å². The van der Waals surface area contributed by atoms with Gasteiger partial charge in [-0.1, -0.05) is 26.2 Å². The first-order chi connectivity index (χ1) is 10.7. The molecule has 123 valence electrons. The van der Waals surface area contributed by atoms with Crippen LogP contribution in [0.2, 0.25) is 5.28 Å². The summed E-state index contributed by atoms with van der Waals surface area (Å²) in [6.07, 6.45) is 7.62. The van der Waals surface area contributed by atoms with E-state index in [-0.39, 0.29) is 11.4 Å². The molecule has 1 atom stereocenters. The van der Waals surface area contributed by atoms with Crippen LogP contribution in [-0.2, 0) is 0 Å². The Morgan fingerprint density at radius 3 is 2.64 bits per heavy atom. The lowest BCUT2D eigenvalue weighted by molar-refractivity contribution is 0.159. The normalized spacial score (nSPS) is 12.2. The third-order valence-corrected chi connectivity index (χ3v) is 3.61. The maximum absolute atomic E-state index is 5.94. The Morgan fingerprint density at radius 2 is 1.95 bits per heavy atom. The quantitative estimate of drug-likeness (QED) is 0.346. The van der Waals surface area contributed by atoms with E-state index in [1.54, 1.807) is 7.28 Å². The molecular weight excluding hydrogens is 319 g/mol. The number of thiol groups is 1. The SMILES string of the molecule is CCCCC(CCCCCN)Oc1nc(Cl)nc([B]CS)n1. The molecule has 0 bridgehead atoms. The highest BCUT2D eigenvalue weighted by Gasteiger charge is 2.14. The number of aromatic nitrogens is 3. The van der Waals surface area contributed by atoms with Crippen LogP contribution in [0.15, 0.2) is 0 Å². The van der Waals surface area contributed by atoms with E-state index in [1.165, 1.54) is 0 Å². The second kappa shape index (κ2) is 12.0. The molecule has 0 aromatic carbocycles. The number of hydrogen-bond donors (Lipinski definition) is 2. The van der Waals surface area contributed by atoms with Crippen LogP contribution in [0.4, 0.5) is 0 Å². The van der Waals surface area contributed by atoms with Gasteiger partial charge in [-0.05, 0) is 49.5 Å². The van der Waals surface area contributed by atoms with Crippen LogP contribution in [0, 0.1) is 0 Å². The molecule has 1 aromatic rings. The standard InChI is InChI=1S/C14H25BClN4OS/c1-2-3-7-11(8-5-4-6-9-17)21-14-19-12(15-10-22)18-13(16)20-14/h11,22H,2-10,17H2,1H3. The summed E-state index contributed by atoms with van der Waals surface area (Å²) in [5.74, 6) is 0. The maximum Gasteiger partial charge on any atom is 0.320 e. The highest BCUT2D eigenvalue weighted by Crippen LogP contribution is 2.16. The van der Waals surface area contributed by atoms with Crippen molar-refractivity contribution in [2.75, 3.05) is 12.2 Å². The van der Waals surface area contributed by atoms with E-state index in [9.17, 15) is 0 Å². The first kappa shape index (κ1) is 19.5. The van der Waals surface area contributed by atoms with Gasteiger partial charge in [0.05, 0.1) is 5.72 Å². The molecule has 0 aliphatic heterocycles. The van der Waals surface area contributed by atoms with Gasteiger partial charge in [0, 0.05) is 0 Å². The van der Waals surface area contributed by atoms with Crippen molar-refractivity contribution in [2.45, 2.75) is 58.0 Å². The van der Waals surface area contributed by atoms with E-state index in [0.717, 1.165) is 51.5 Å². The van der Waals surface area contributed by atoms with Crippen molar-refractivity contribution in [3.8, 4) is 6.01 Å². The van der Waals surface area contributed by atoms with Crippen molar-refractivity contribution in [2.24, 2.45) is 5.73 Å². The van der Waals surface area contributed by atoms with Gasteiger partial charge in [-0.15, -0.1) is 0 Å². The van der Waals surface area contributed by atoms with Crippen LogP contribution in [0.3, 0.4) is 0 Å². The maximum atomic E-state index is 5.94. The fourth-order valence-corrected chi connectivity index (χ4v) is 2.43. The van der Waals surface area contributed by atoms with E-state index in [1.807, 2.05) is 0 Å². The monoisotopic (exact) mass is 343 g/mol. The molecule has 22 heavy (non-hydrogen) atoms. The predicted octanol–water partition coefficient (Wildman–Crippen LogP) is 2.20. The first-order valence-corrected chi connectivity index (χ1v) is 8.93. The lowest BCUT2D eigenvalue weighted by Gasteiger charge is -2.18. The summed E-state index contributed by atoms with van der Waals surface area (Å²) in [4.78, 5) is 12.4. The molecule has 0 saturated carbocycles. The number of ether oxygens (including phenoxy) is 1. The fourth-order valence-electron chi connectivity index (χ4n) is 2.11. The molecule has 8 heteroatoms. The van der Waals surface area contributed by atoms with Crippen molar-refractivity contribution in [1.82, 2.24) is 15.0 Å². The largest absolute Gasteiger partial charge is 0.460 e. The van der Waals surface area contributed by atoms with Gasteiger partial charge in [0.2, 0.25) is 12.6 Å². The molecule has 1 unspecified atom stereocenters. The molecule has 1 aromatic heterocycles. The van der Waals surface area contributed by atoms with Gasteiger partial charge in [0.1, 0.15) is 6.10 Å². The highest BCUT2D eigenvalue weighted by atomic mass is 35.5. The number of nitrogens with two attached hydrogens (primary N) is 1. The number of rotatable bonds is 12. The Bertz CT molecular complexity index is 428. The topological polar surface area (TPSA) is 73.9 Å². The van der Waals surface area contributed by atoms with E-state index in [4.69, 9.17) is 22.1 Å². The number of hydrogen-bond acceptors (Lipinski definition) is 6. The minimum Gasteiger partial charge on any atom is -0.460 e.